The van der Waals surface area contributed by atoms with Crippen molar-refractivity contribution >= 4 is 56.9 Å². The van der Waals surface area contributed by atoms with Gasteiger partial charge in [0.05, 0.1) is 16.0 Å². The van der Waals surface area contributed by atoms with Gasteiger partial charge in [-0.2, -0.15) is 8.42 Å². The maximum absolute atomic E-state index is 10.6. The Balaban J connectivity index is 0.000000243. The summed E-state index contributed by atoms with van der Waals surface area (Å²) in [5, 5.41) is 1.77. The van der Waals surface area contributed by atoms with Crippen molar-refractivity contribution in [2.45, 2.75) is 0 Å². The fourth-order valence-electron chi connectivity index (χ4n) is 1.34. The van der Waals surface area contributed by atoms with E-state index in [2.05, 4.69) is 4.98 Å². The first-order valence-electron chi connectivity index (χ1n) is 6.10. The summed E-state index contributed by atoms with van der Waals surface area (Å²) in [6.07, 6.45) is 2.61. The summed E-state index contributed by atoms with van der Waals surface area (Å²) in [6.45, 7) is 0. The first-order chi connectivity index (χ1) is 11.1. The lowest BCUT2D eigenvalue weighted by molar-refractivity contribution is 0.100. The SMILES string of the molecule is NC(=O)c1ccc(Cl)cc1Cl.O=S(=O)(O)/C=C/c1ccc(Cl)nc1. The molecule has 6 nitrogen and oxygen atoms in total. The van der Waals surface area contributed by atoms with E-state index in [4.69, 9.17) is 45.1 Å². The number of benzene rings is 1. The van der Waals surface area contributed by atoms with Gasteiger partial charge in [-0.3, -0.25) is 9.35 Å². The summed E-state index contributed by atoms with van der Waals surface area (Å²) in [6, 6.07) is 7.63. The van der Waals surface area contributed by atoms with Crippen molar-refractivity contribution in [3.63, 3.8) is 0 Å². The second kappa shape index (κ2) is 9.00. The van der Waals surface area contributed by atoms with Gasteiger partial charge in [0.25, 0.3) is 10.1 Å². The van der Waals surface area contributed by atoms with Crippen LogP contribution in [0.15, 0.2) is 41.9 Å². The molecule has 0 spiro atoms. The minimum atomic E-state index is -4.07. The van der Waals surface area contributed by atoms with Crippen LogP contribution in [0.5, 0.6) is 0 Å². The molecule has 2 rings (SSSR count). The number of hydrogen-bond acceptors (Lipinski definition) is 4. The van der Waals surface area contributed by atoms with Crippen LogP contribution in [-0.2, 0) is 10.1 Å². The molecule has 2 aromatic rings. The number of amides is 1. The molecule has 0 aliphatic rings. The summed E-state index contributed by atoms with van der Waals surface area (Å²) in [7, 11) is -4.07. The zero-order valence-corrected chi connectivity index (χ0v) is 14.9. The Kier molecular flexibility index (Phi) is 7.65. The van der Waals surface area contributed by atoms with Crippen molar-refractivity contribution in [2.24, 2.45) is 5.73 Å². The number of pyridine rings is 1. The van der Waals surface area contributed by atoms with Crippen LogP contribution in [0.1, 0.15) is 15.9 Å². The van der Waals surface area contributed by atoms with Gasteiger partial charge in [0.1, 0.15) is 5.15 Å². The normalized spacial score (nSPS) is 11.0. The largest absolute Gasteiger partial charge is 0.366 e. The molecule has 0 unspecified atom stereocenters. The molecule has 0 aliphatic carbocycles. The number of rotatable bonds is 3. The molecule has 1 amide bonds. The predicted molar refractivity (Wildman–Crippen MR) is 94.8 cm³/mol. The summed E-state index contributed by atoms with van der Waals surface area (Å²) >= 11 is 16.7. The smallest absolute Gasteiger partial charge is 0.287 e. The highest BCUT2D eigenvalue weighted by Crippen LogP contribution is 2.20. The topological polar surface area (TPSA) is 110 Å². The molecule has 0 radical (unpaired) electrons. The molecule has 0 bridgehead atoms. The first-order valence-corrected chi connectivity index (χ1v) is 8.74. The number of nitrogens with two attached hydrogens (primary N) is 1. The van der Waals surface area contributed by atoms with Crippen LogP contribution < -0.4 is 5.73 Å². The van der Waals surface area contributed by atoms with E-state index >= 15 is 0 Å². The molecule has 3 N–H and O–H groups in total. The van der Waals surface area contributed by atoms with Gasteiger partial charge in [0, 0.05) is 11.2 Å². The summed E-state index contributed by atoms with van der Waals surface area (Å²) in [5.74, 6) is -0.549. The van der Waals surface area contributed by atoms with E-state index in [1.807, 2.05) is 0 Å². The fraction of sp³-hybridized carbons (Fsp3) is 0. The number of hydrogen-bond donors (Lipinski definition) is 2. The third kappa shape index (κ3) is 7.76. The van der Waals surface area contributed by atoms with Gasteiger partial charge in [-0.1, -0.05) is 40.9 Å². The highest BCUT2D eigenvalue weighted by molar-refractivity contribution is 7.88. The third-order valence-electron chi connectivity index (χ3n) is 2.38. The monoisotopic (exact) mass is 408 g/mol. The van der Waals surface area contributed by atoms with Crippen molar-refractivity contribution in [2.75, 3.05) is 0 Å². The van der Waals surface area contributed by atoms with Gasteiger partial charge >= 0.3 is 0 Å². The van der Waals surface area contributed by atoms with E-state index in [-0.39, 0.29) is 10.6 Å². The van der Waals surface area contributed by atoms with Gasteiger partial charge in [-0.25, -0.2) is 4.98 Å². The number of nitrogens with zero attached hydrogens (tertiary/aromatic N) is 1. The minimum absolute atomic E-state index is 0.282. The molecule has 0 saturated heterocycles. The molecule has 128 valence electrons. The quantitative estimate of drug-likeness (QED) is 0.593. The van der Waals surface area contributed by atoms with E-state index in [1.54, 1.807) is 12.1 Å². The van der Waals surface area contributed by atoms with Crippen LogP contribution in [-0.4, -0.2) is 23.9 Å². The van der Waals surface area contributed by atoms with Crippen molar-refractivity contribution < 1.29 is 17.8 Å². The predicted octanol–water partition coefficient (Wildman–Crippen LogP) is 3.69. The molecule has 0 saturated carbocycles. The number of aromatic nitrogens is 1. The third-order valence-corrected chi connectivity index (χ3v) is 3.63. The van der Waals surface area contributed by atoms with E-state index in [1.165, 1.54) is 30.5 Å². The average Bonchev–Trinajstić information content (AvgIpc) is 2.46. The maximum Gasteiger partial charge on any atom is 0.287 e. The Labute approximate surface area is 153 Å². The zero-order valence-electron chi connectivity index (χ0n) is 11.9. The van der Waals surface area contributed by atoms with E-state index in [0.29, 0.717) is 21.1 Å². The highest BCUT2D eigenvalue weighted by atomic mass is 35.5. The van der Waals surface area contributed by atoms with Crippen LogP contribution in [0.25, 0.3) is 6.08 Å². The molecule has 0 fully saturated rings. The average molecular weight is 410 g/mol. The number of primary amides is 1. The second-order valence-electron chi connectivity index (χ2n) is 4.22. The fourth-order valence-corrected chi connectivity index (χ4v) is 2.28. The van der Waals surface area contributed by atoms with E-state index < -0.39 is 16.0 Å². The number of halogens is 3. The Hall–Kier alpha value is -1.64. The second-order valence-corrected chi connectivity index (χ2v) is 6.75. The molecule has 1 aromatic carbocycles. The minimum Gasteiger partial charge on any atom is -0.366 e. The van der Waals surface area contributed by atoms with Gasteiger partial charge < -0.3 is 5.73 Å². The molecule has 10 heteroatoms. The lowest BCUT2D eigenvalue weighted by Crippen LogP contribution is -2.11. The highest BCUT2D eigenvalue weighted by Gasteiger charge is 2.05. The Morgan fingerprint density at radius 3 is 2.29 bits per heavy atom. The van der Waals surface area contributed by atoms with Crippen LogP contribution in [0.2, 0.25) is 15.2 Å². The van der Waals surface area contributed by atoms with Gasteiger partial charge in [-0.15, -0.1) is 0 Å². The molecule has 24 heavy (non-hydrogen) atoms. The van der Waals surface area contributed by atoms with Crippen LogP contribution in [0.3, 0.4) is 0 Å². The molecular weight excluding hydrogens is 399 g/mol. The zero-order chi connectivity index (χ0) is 18.3. The van der Waals surface area contributed by atoms with Crippen LogP contribution >= 0.6 is 34.8 Å². The summed E-state index contributed by atoms with van der Waals surface area (Å²) < 4.78 is 29.0. The Morgan fingerprint density at radius 2 is 1.83 bits per heavy atom. The molecule has 0 aliphatic heterocycles. The molecule has 0 atom stereocenters. The summed E-state index contributed by atoms with van der Waals surface area (Å²) in [4.78, 5) is 14.3. The van der Waals surface area contributed by atoms with Crippen LogP contribution in [0, 0.1) is 0 Å². The van der Waals surface area contributed by atoms with Gasteiger partial charge in [0.2, 0.25) is 5.91 Å². The number of carbonyl (C=O) groups excluding carboxylic acids is 1. The van der Waals surface area contributed by atoms with Gasteiger partial charge in [0.15, 0.2) is 0 Å². The molecular formula is C14H11Cl3N2O4S. The van der Waals surface area contributed by atoms with E-state index in [0.717, 1.165) is 0 Å². The lowest BCUT2D eigenvalue weighted by Gasteiger charge is -1.97. The summed E-state index contributed by atoms with van der Waals surface area (Å²) in [5.41, 5.74) is 5.83. The number of carbonyl (C=O) groups is 1. The van der Waals surface area contributed by atoms with Crippen LogP contribution in [0.4, 0.5) is 0 Å². The molecule has 1 aromatic heterocycles. The van der Waals surface area contributed by atoms with E-state index in [9.17, 15) is 13.2 Å². The standard InChI is InChI=1S/C7H5Cl2NO.C7H6ClNO3S/c8-4-1-2-5(7(10)11)6(9)3-4;8-7-2-1-6(5-9-7)3-4-13(10,11)12/h1-3H,(H2,10,11);1-5H,(H,10,11,12)/b;4-3+. The molecule has 1 heterocycles. The first kappa shape index (κ1) is 20.4. The van der Waals surface area contributed by atoms with Gasteiger partial charge in [-0.05, 0) is 35.9 Å². The lowest BCUT2D eigenvalue weighted by atomic mass is 10.2. The van der Waals surface area contributed by atoms with Crippen molar-refractivity contribution in [1.29, 1.82) is 0 Å². The van der Waals surface area contributed by atoms with Crippen molar-refractivity contribution in [3.8, 4) is 0 Å². The Morgan fingerprint density at radius 1 is 1.17 bits per heavy atom. The maximum atomic E-state index is 10.6. The van der Waals surface area contributed by atoms with Crippen molar-refractivity contribution in [3.05, 3.63) is 68.3 Å². The van der Waals surface area contributed by atoms with Crippen molar-refractivity contribution in [1.82, 2.24) is 4.98 Å². The Bertz CT molecular complexity index is 853.